The third kappa shape index (κ3) is 5.06. The molecule has 1 aliphatic rings. The van der Waals surface area contributed by atoms with Crippen molar-refractivity contribution in [1.82, 2.24) is 20.1 Å². The Morgan fingerprint density at radius 2 is 2.03 bits per heavy atom. The van der Waals surface area contributed by atoms with E-state index in [-0.39, 0.29) is 13.2 Å². The number of ether oxygens (including phenoxy) is 1. The van der Waals surface area contributed by atoms with Crippen LogP contribution >= 0.6 is 27.5 Å². The third-order valence-electron chi connectivity index (χ3n) is 6.31. The minimum atomic E-state index is -0.766. The van der Waals surface area contributed by atoms with Gasteiger partial charge >= 0.3 is 0 Å². The van der Waals surface area contributed by atoms with Crippen LogP contribution in [0.1, 0.15) is 28.3 Å². The summed E-state index contributed by atoms with van der Waals surface area (Å²) in [5.74, 6) is 2.41. The quantitative estimate of drug-likeness (QED) is 0.316. The monoisotopic (exact) mass is 584 g/mol. The second kappa shape index (κ2) is 10.4. The Morgan fingerprint density at radius 3 is 2.76 bits per heavy atom. The number of halogens is 2. The van der Waals surface area contributed by atoms with E-state index in [1.54, 1.807) is 18.2 Å². The van der Waals surface area contributed by atoms with Crippen LogP contribution in [-0.2, 0) is 13.1 Å². The highest BCUT2D eigenvalue weighted by Gasteiger charge is 2.27. The molecule has 11 heteroatoms. The molecule has 0 aliphatic carbocycles. The molecule has 0 radical (unpaired) electrons. The van der Waals surface area contributed by atoms with Crippen molar-refractivity contribution in [1.29, 1.82) is 0 Å². The standard InChI is InChI=1S/C26H26BrClN6O3/c1-13-24(23-14(2)33-37-15(23)3)31-25(20-7-19(4-5-21(20)28)36-12-18(35)8-29)32-26(13)34-10-16-6-17(27)9-30-22(16)11-34/h4-7,9,18,35H,8,10-12,29H2,1-3H3/t18-/m1/s1. The molecule has 5 rings (SSSR count). The predicted molar refractivity (Wildman–Crippen MR) is 145 cm³/mol. The van der Waals surface area contributed by atoms with Crippen molar-refractivity contribution >= 4 is 33.3 Å². The highest BCUT2D eigenvalue weighted by atomic mass is 79.9. The van der Waals surface area contributed by atoms with Crippen molar-refractivity contribution < 1.29 is 14.4 Å². The maximum atomic E-state index is 9.80. The number of benzene rings is 1. The van der Waals surface area contributed by atoms with E-state index < -0.39 is 6.10 Å². The average molecular weight is 586 g/mol. The van der Waals surface area contributed by atoms with Crippen LogP contribution in [0.3, 0.4) is 0 Å². The van der Waals surface area contributed by atoms with Gasteiger partial charge < -0.3 is 25.0 Å². The number of pyridine rings is 1. The van der Waals surface area contributed by atoms with Crippen molar-refractivity contribution in [3.05, 3.63) is 68.2 Å². The number of aromatic nitrogens is 4. The SMILES string of the molecule is Cc1noc(C)c1-c1nc(-c2cc(OC[C@H](O)CN)ccc2Cl)nc(N2Cc3cc(Br)cnc3C2)c1C. The van der Waals surface area contributed by atoms with E-state index in [2.05, 4.69) is 37.0 Å². The summed E-state index contributed by atoms with van der Waals surface area (Å²) in [5, 5.41) is 14.4. The molecule has 3 aromatic heterocycles. The molecule has 1 aromatic carbocycles. The Hall–Kier alpha value is -3.05. The van der Waals surface area contributed by atoms with Gasteiger partial charge in [0.15, 0.2) is 5.82 Å². The Bertz CT molecular complexity index is 1460. The highest BCUT2D eigenvalue weighted by molar-refractivity contribution is 9.10. The molecule has 1 aliphatic heterocycles. The lowest BCUT2D eigenvalue weighted by molar-refractivity contribution is 0.114. The van der Waals surface area contributed by atoms with E-state index in [0.717, 1.165) is 44.1 Å². The van der Waals surface area contributed by atoms with Gasteiger partial charge in [-0.1, -0.05) is 16.8 Å². The molecular weight excluding hydrogens is 560 g/mol. The predicted octanol–water partition coefficient (Wildman–Crippen LogP) is 4.75. The summed E-state index contributed by atoms with van der Waals surface area (Å²) in [6.07, 6.45) is 1.04. The number of hydrogen-bond acceptors (Lipinski definition) is 9. The summed E-state index contributed by atoms with van der Waals surface area (Å²) in [4.78, 5) is 16.7. The molecule has 4 heterocycles. The summed E-state index contributed by atoms with van der Waals surface area (Å²) in [5.41, 5.74) is 11.5. The van der Waals surface area contributed by atoms with Gasteiger partial charge in [-0.25, -0.2) is 9.97 Å². The van der Waals surface area contributed by atoms with Gasteiger partial charge in [0.1, 0.15) is 30.0 Å². The van der Waals surface area contributed by atoms with E-state index in [9.17, 15) is 5.11 Å². The fourth-order valence-electron chi connectivity index (χ4n) is 4.40. The second-order valence-electron chi connectivity index (χ2n) is 9.00. The summed E-state index contributed by atoms with van der Waals surface area (Å²) in [7, 11) is 0. The zero-order valence-corrected chi connectivity index (χ0v) is 23.0. The lowest BCUT2D eigenvalue weighted by Gasteiger charge is -2.22. The summed E-state index contributed by atoms with van der Waals surface area (Å²) < 4.78 is 12.1. The van der Waals surface area contributed by atoms with Gasteiger partial charge in [0, 0.05) is 34.9 Å². The van der Waals surface area contributed by atoms with Gasteiger partial charge in [-0.3, -0.25) is 4.98 Å². The minimum absolute atomic E-state index is 0.0660. The molecule has 3 N–H and O–H groups in total. The Kier molecular flexibility index (Phi) is 7.17. The van der Waals surface area contributed by atoms with Gasteiger partial charge in [0.05, 0.1) is 34.2 Å². The van der Waals surface area contributed by atoms with E-state index >= 15 is 0 Å². The maximum absolute atomic E-state index is 9.80. The summed E-state index contributed by atoms with van der Waals surface area (Å²) >= 11 is 10.2. The number of fused-ring (bicyclic) bond motifs is 1. The van der Waals surface area contributed by atoms with Crippen LogP contribution in [0.15, 0.2) is 39.5 Å². The van der Waals surface area contributed by atoms with Crippen LogP contribution in [0.5, 0.6) is 5.75 Å². The van der Waals surface area contributed by atoms with Crippen molar-refractivity contribution in [3.63, 3.8) is 0 Å². The first-order chi connectivity index (χ1) is 17.7. The highest BCUT2D eigenvalue weighted by Crippen LogP contribution is 2.39. The minimum Gasteiger partial charge on any atom is -0.491 e. The Balaban J connectivity index is 1.63. The molecule has 1 atom stereocenters. The molecule has 0 spiro atoms. The number of hydrogen-bond donors (Lipinski definition) is 2. The molecule has 0 saturated carbocycles. The van der Waals surface area contributed by atoms with Crippen LogP contribution in [0.4, 0.5) is 5.82 Å². The maximum Gasteiger partial charge on any atom is 0.163 e. The number of aliphatic hydroxyl groups excluding tert-OH is 1. The average Bonchev–Trinajstić information content (AvgIpc) is 3.45. The van der Waals surface area contributed by atoms with Gasteiger partial charge in [0.2, 0.25) is 0 Å². The molecule has 192 valence electrons. The zero-order chi connectivity index (χ0) is 26.3. The Morgan fingerprint density at radius 1 is 1.22 bits per heavy atom. The van der Waals surface area contributed by atoms with Gasteiger partial charge in [0.25, 0.3) is 0 Å². The first-order valence-electron chi connectivity index (χ1n) is 11.8. The first-order valence-corrected chi connectivity index (χ1v) is 12.9. The van der Waals surface area contributed by atoms with Crippen molar-refractivity contribution in [2.75, 3.05) is 18.1 Å². The lowest BCUT2D eigenvalue weighted by atomic mass is 10.0. The van der Waals surface area contributed by atoms with Crippen molar-refractivity contribution in [3.8, 4) is 28.4 Å². The fourth-order valence-corrected chi connectivity index (χ4v) is 4.99. The molecule has 9 nitrogen and oxygen atoms in total. The van der Waals surface area contributed by atoms with E-state index in [1.807, 2.05) is 27.0 Å². The summed E-state index contributed by atoms with van der Waals surface area (Å²) in [6.45, 7) is 7.22. The van der Waals surface area contributed by atoms with E-state index in [4.69, 9.17) is 36.6 Å². The number of aliphatic hydroxyl groups is 1. The smallest absolute Gasteiger partial charge is 0.163 e. The summed E-state index contributed by atoms with van der Waals surface area (Å²) in [6, 6.07) is 7.32. The zero-order valence-electron chi connectivity index (χ0n) is 20.6. The molecule has 0 amide bonds. The van der Waals surface area contributed by atoms with Gasteiger partial charge in [-0.2, -0.15) is 0 Å². The van der Waals surface area contributed by atoms with Crippen molar-refractivity contribution in [2.24, 2.45) is 5.73 Å². The van der Waals surface area contributed by atoms with E-state index in [0.29, 0.717) is 41.0 Å². The number of nitrogens with two attached hydrogens (primary N) is 1. The first kappa shape index (κ1) is 25.6. The molecule has 37 heavy (non-hydrogen) atoms. The normalized spacial score (nSPS) is 13.6. The van der Waals surface area contributed by atoms with Crippen molar-refractivity contribution in [2.45, 2.75) is 40.0 Å². The second-order valence-corrected chi connectivity index (χ2v) is 10.3. The molecule has 0 fully saturated rings. The largest absolute Gasteiger partial charge is 0.491 e. The number of rotatable bonds is 7. The lowest BCUT2D eigenvalue weighted by Crippen LogP contribution is -2.26. The van der Waals surface area contributed by atoms with Crippen LogP contribution in [-0.4, -0.2) is 44.5 Å². The van der Waals surface area contributed by atoms with Crippen LogP contribution in [0.2, 0.25) is 5.02 Å². The number of nitrogens with zero attached hydrogens (tertiary/aromatic N) is 5. The number of anilines is 1. The molecular formula is C26H26BrClN6O3. The van der Waals surface area contributed by atoms with Crippen LogP contribution in [0.25, 0.3) is 22.6 Å². The topological polar surface area (TPSA) is 123 Å². The van der Waals surface area contributed by atoms with E-state index in [1.165, 1.54) is 0 Å². The molecule has 0 bridgehead atoms. The van der Waals surface area contributed by atoms with Crippen LogP contribution < -0.4 is 15.4 Å². The number of aryl methyl sites for hydroxylation is 2. The molecule has 0 unspecified atom stereocenters. The molecule has 4 aromatic rings. The molecule has 0 saturated heterocycles. The fraction of sp³-hybridized carbons (Fsp3) is 0.308. The van der Waals surface area contributed by atoms with Gasteiger partial charge in [-0.15, -0.1) is 0 Å². The van der Waals surface area contributed by atoms with Gasteiger partial charge in [-0.05, 0) is 66.5 Å². The Labute approximate surface area is 227 Å². The third-order valence-corrected chi connectivity index (χ3v) is 7.07. The van der Waals surface area contributed by atoms with Crippen LogP contribution in [0, 0.1) is 20.8 Å².